The summed E-state index contributed by atoms with van der Waals surface area (Å²) >= 11 is 0. The lowest BCUT2D eigenvalue weighted by Crippen LogP contribution is -2.61. The highest BCUT2D eigenvalue weighted by Crippen LogP contribution is 2.55. The fourth-order valence-corrected chi connectivity index (χ4v) is 7.38. The van der Waals surface area contributed by atoms with E-state index in [2.05, 4.69) is 5.32 Å². The number of carbonyl (C=O) groups excluding carboxylic acids is 4. The van der Waals surface area contributed by atoms with Gasteiger partial charge in [-0.25, -0.2) is 9.69 Å². The van der Waals surface area contributed by atoms with E-state index in [0.29, 0.717) is 17.8 Å². The van der Waals surface area contributed by atoms with Crippen LogP contribution in [0.2, 0.25) is 0 Å². The molecular formula is C22H31N3O4. The fraction of sp³-hybridized carbons (Fsp3) is 0.818. The van der Waals surface area contributed by atoms with E-state index in [0.717, 1.165) is 54.7 Å². The summed E-state index contributed by atoms with van der Waals surface area (Å²) in [6.07, 6.45) is 10.6. The van der Waals surface area contributed by atoms with Gasteiger partial charge in [-0.15, -0.1) is 0 Å². The van der Waals surface area contributed by atoms with Crippen LogP contribution in [0.15, 0.2) is 0 Å². The molecule has 1 heterocycles. The molecule has 1 aliphatic heterocycles. The molecule has 0 spiro atoms. The highest BCUT2D eigenvalue weighted by atomic mass is 16.2. The summed E-state index contributed by atoms with van der Waals surface area (Å²) in [7, 11) is 0. The molecule has 6 aliphatic rings. The third kappa shape index (κ3) is 3.17. The van der Waals surface area contributed by atoms with E-state index in [9.17, 15) is 19.2 Å². The van der Waals surface area contributed by atoms with E-state index in [1.165, 1.54) is 19.3 Å². The van der Waals surface area contributed by atoms with Gasteiger partial charge < -0.3 is 5.32 Å². The second kappa shape index (κ2) is 6.81. The third-order valence-electron chi connectivity index (χ3n) is 8.23. The summed E-state index contributed by atoms with van der Waals surface area (Å²) in [6.45, 7) is 1.68. The Balaban J connectivity index is 1.26. The summed E-state index contributed by atoms with van der Waals surface area (Å²) < 4.78 is 0. The molecule has 6 rings (SSSR count). The lowest BCUT2D eigenvalue weighted by molar-refractivity contribution is -0.145. The number of hydrogen-bond acceptors (Lipinski definition) is 4. The minimum absolute atomic E-state index is 0.167. The average Bonchev–Trinajstić information content (AvgIpc) is 2.84. The summed E-state index contributed by atoms with van der Waals surface area (Å²) in [6, 6.07) is -0.844. The van der Waals surface area contributed by atoms with Gasteiger partial charge in [-0.3, -0.25) is 19.3 Å². The summed E-state index contributed by atoms with van der Waals surface area (Å²) in [4.78, 5) is 52.8. The molecule has 0 aromatic heterocycles. The Morgan fingerprint density at radius 3 is 2.14 bits per heavy atom. The number of nitrogens with one attached hydrogen (secondary N) is 1. The second-order valence-electron chi connectivity index (χ2n) is 10.4. The van der Waals surface area contributed by atoms with Gasteiger partial charge in [0.15, 0.2) is 0 Å². The maximum atomic E-state index is 12.9. The third-order valence-corrected chi connectivity index (χ3v) is 8.23. The topological polar surface area (TPSA) is 86.8 Å². The lowest BCUT2D eigenvalue weighted by atomic mass is 9.53. The van der Waals surface area contributed by atoms with Crippen molar-refractivity contribution in [2.75, 3.05) is 6.54 Å². The normalized spacial score (nSPS) is 41.4. The Hall–Kier alpha value is -1.92. The first-order valence-electron chi connectivity index (χ1n) is 11.4. The van der Waals surface area contributed by atoms with Crippen LogP contribution >= 0.6 is 0 Å². The van der Waals surface area contributed by atoms with Gasteiger partial charge in [0.2, 0.25) is 5.91 Å². The van der Waals surface area contributed by atoms with Crippen molar-refractivity contribution in [3.63, 3.8) is 0 Å². The molecule has 7 nitrogen and oxygen atoms in total. The smallest absolute Gasteiger partial charge is 0.334 e. The van der Waals surface area contributed by atoms with Gasteiger partial charge in [-0.2, -0.15) is 0 Å². The van der Waals surface area contributed by atoms with Gasteiger partial charge >= 0.3 is 17.8 Å². The predicted octanol–water partition coefficient (Wildman–Crippen LogP) is 2.44. The van der Waals surface area contributed by atoms with E-state index < -0.39 is 17.8 Å². The maximum Gasteiger partial charge on any atom is 0.334 e. The molecule has 0 unspecified atom stereocenters. The zero-order chi connectivity index (χ0) is 20.3. The van der Waals surface area contributed by atoms with Crippen LogP contribution in [0.3, 0.4) is 0 Å². The van der Waals surface area contributed by atoms with Crippen molar-refractivity contribution in [2.45, 2.75) is 82.7 Å². The molecule has 6 fully saturated rings. The molecule has 4 bridgehead atoms. The van der Waals surface area contributed by atoms with Crippen LogP contribution in [0.4, 0.5) is 4.79 Å². The Morgan fingerprint density at radius 1 is 0.966 bits per heavy atom. The van der Waals surface area contributed by atoms with Gasteiger partial charge in [0.05, 0.1) is 0 Å². The zero-order valence-electron chi connectivity index (χ0n) is 17.2. The predicted molar refractivity (Wildman–Crippen MR) is 104 cm³/mol. The average molecular weight is 402 g/mol. The Morgan fingerprint density at radius 2 is 1.55 bits per heavy atom. The van der Waals surface area contributed by atoms with Crippen LogP contribution < -0.4 is 5.32 Å². The van der Waals surface area contributed by atoms with Crippen molar-refractivity contribution in [3.05, 3.63) is 0 Å². The SMILES string of the molecule is C[C@H]1CCCC[C@@H]1N1C(=O)C(=O)N(CC(=O)NC23CC4CC(CC(C4)C2)C3)C1=O. The molecule has 7 heteroatoms. The van der Waals surface area contributed by atoms with Crippen molar-refractivity contribution in [1.29, 1.82) is 0 Å². The Kier molecular flexibility index (Phi) is 4.48. The number of urea groups is 1. The van der Waals surface area contributed by atoms with Crippen molar-refractivity contribution >= 4 is 23.8 Å². The Bertz CT molecular complexity index is 728. The van der Waals surface area contributed by atoms with Crippen LogP contribution in [0.1, 0.15) is 71.1 Å². The first-order valence-corrected chi connectivity index (χ1v) is 11.4. The van der Waals surface area contributed by atoms with Crippen molar-refractivity contribution in [3.8, 4) is 0 Å². The van der Waals surface area contributed by atoms with Crippen molar-refractivity contribution in [1.82, 2.24) is 15.1 Å². The molecule has 29 heavy (non-hydrogen) atoms. The summed E-state index contributed by atoms with van der Waals surface area (Å²) in [5.41, 5.74) is -0.167. The first-order chi connectivity index (χ1) is 13.8. The van der Waals surface area contributed by atoms with E-state index in [1.807, 2.05) is 6.92 Å². The van der Waals surface area contributed by atoms with Gasteiger partial charge in [0.1, 0.15) is 6.54 Å². The van der Waals surface area contributed by atoms with Crippen LogP contribution in [0, 0.1) is 23.7 Å². The van der Waals surface area contributed by atoms with E-state index >= 15 is 0 Å². The molecule has 5 aliphatic carbocycles. The highest BCUT2D eigenvalue weighted by molar-refractivity contribution is 6.45. The zero-order valence-corrected chi connectivity index (χ0v) is 17.2. The Labute approximate surface area is 171 Å². The lowest BCUT2D eigenvalue weighted by Gasteiger charge is -2.56. The maximum absolute atomic E-state index is 12.9. The standard InChI is InChI=1S/C22H31N3O4/c1-13-4-2-3-5-17(13)25-20(28)19(27)24(21(25)29)12-18(26)23-22-9-14-6-15(10-22)8-16(7-14)11-22/h13-17H,2-12H2,1H3,(H,23,26)/t13-,14?,15?,16?,17-,22?/m0/s1. The number of amides is 5. The molecule has 5 saturated carbocycles. The molecule has 0 aromatic carbocycles. The highest BCUT2D eigenvalue weighted by Gasteiger charge is 2.53. The monoisotopic (exact) mass is 401 g/mol. The second-order valence-corrected chi connectivity index (χ2v) is 10.4. The largest absolute Gasteiger partial charge is 0.349 e. The summed E-state index contributed by atoms with van der Waals surface area (Å²) in [5, 5.41) is 3.20. The molecule has 5 amide bonds. The van der Waals surface area contributed by atoms with E-state index in [1.54, 1.807) is 0 Å². The molecule has 2 atom stereocenters. The van der Waals surface area contributed by atoms with E-state index in [-0.39, 0.29) is 30.0 Å². The number of hydrogen-bond donors (Lipinski definition) is 1. The first kappa shape index (κ1) is 19.1. The van der Waals surface area contributed by atoms with Crippen molar-refractivity contribution < 1.29 is 19.2 Å². The molecule has 0 aromatic rings. The molecule has 158 valence electrons. The minimum Gasteiger partial charge on any atom is -0.349 e. The van der Waals surface area contributed by atoms with Gasteiger partial charge in [0.25, 0.3) is 0 Å². The van der Waals surface area contributed by atoms with Crippen molar-refractivity contribution in [2.24, 2.45) is 23.7 Å². The number of nitrogens with zero attached hydrogens (tertiary/aromatic N) is 2. The van der Waals surface area contributed by atoms with E-state index in [4.69, 9.17) is 0 Å². The number of carbonyl (C=O) groups is 4. The van der Waals surface area contributed by atoms with Gasteiger partial charge in [-0.1, -0.05) is 19.8 Å². The minimum atomic E-state index is -0.853. The van der Waals surface area contributed by atoms with Gasteiger partial charge in [0, 0.05) is 11.6 Å². The number of imide groups is 2. The quantitative estimate of drug-likeness (QED) is 0.579. The summed E-state index contributed by atoms with van der Waals surface area (Å²) in [5.74, 6) is 0.347. The van der Waals surface area contributed by atoms with Crippen LogP contribution in [0.25, 0.3) is 0 Å². The number of rotatable bonds is 4. The van der Waals surface area contributed by atoms with Crippen LogP contribution in [0.5, 0.6) is 0 Å². The van der Waals surface area contributed by atoms with Crippen LogP contribution in [-0.4, -0.2) is 51.7 Å². The van der Waals surface area contributed by atoms with Gasteiger partial charge in [-0.05, 0) is 75.0 Å². The molecule has 0 radical (unpaired) electrons. The molecular weight excluding hydrogens is 370 g/mol. The fourth-order valence-electron chi connectivity index (χ4n) is 7.38. The molecule has 1 N–H and O–H groups in total. The molecule has 1 saturated heterocycles. The van der Waals surface area contributed by atoms with Crippen LogP contribution in [-0.2, 0) is 14.4 Å².